The molecule has 1 N–H and O–H groups in total. The van der Waals surface area contributed by atoms with E-state index in [1.807, 2.05) is 7.05 Å². The van der Waals surface area contributed by atoms with Gasteiger partial charge >= 0.3 is 0 Å². The molecule has 2 heteroatoms. The number of anilines is 1. The van der Waals surface area contributed by atoms with Crippen molar-refractivity contribution in [2.45, 2.75) is 16.7 Å². The van der Waals surface area contributed by atoms with Gasteiger partial charge in [0.1, 0.15) is 0 Å². The molecule has 1 nitrogen and oxygen atoms in total. The van der Waals surface area contributed by atoms with Gasteiger partial charge in [0.2, 0.25) is 0 Å². The molecule has 0 spiro atoms. The lowest BCUT2D eigenvalue weighted by atomic mass is 10.2. The molecule has 2 aromatic carbocycles. The Labute approximate surface area is 101 Å². The third-order valence-corrected chi connectivity index (χ3v) is 3.37. The number of aryl methyl sites for hydroxylation is 1. The summed E-state index contributed by atoms with van der Waals surface area (Å²) in [4.78, 5) is 2.56. The van der Waals surface area contributed by atoms with Crippen LogP contribution in [0.15, 0.2) is 58.3 Å². The topological polar surface area (TPSA) is 12.0 Å². The normalized spacial score (nSPS) is 10.1. The van der Waals surface area contributed by atoms with Gasteiger partial charge in [-0.2, -0.15) is 0 Å². The maximum Gasteiger partial charge on any atom is 0.0338 e. The van der Waals surface area contributed by atoms with Gasteiger partial charge < -0.3 is 5.32 Å². The Bertz CT molecular complexity index is 462. The second-order valence-electron chi connectivity index (χ2n) is 3.69. The standard InChI is InChI=1S/C14H15NS/c1-11-4-3-5-14(10-11)16-13-8-6-12(15-2)7-9-13/h3-10,15H,1-2H3. The van der Waals surface area contributed by atoms with Gasteiger partial charge in [0.05, 0.1) is 0 Å². The highest BCUT2D eigenvalue weighted by Crippen LogP contribution is 2.28. The summed E-state index contributed by atoms with van der Waals surface area (Å²) in [5.74, 6) is 0. The molecule has 2 rings (SSSR count). The lowest BCUT2D eigenvalue weighted by Gasteiger charge is -2.04. The molecule has 0 unspecified atom stereocenters. The van der Waals surface area contributed by atoms with E-state index >= 15 is 0 Å². The van der Waals surface area contributed by atoms with Crippen molar-refractivity contribution >= 4 is 17.4 Å². The maximum atomic E-state index is 3.12. The third kappa shape index (κ3) is 2.80. The summed E-state index contributed by atoms with van der Waals surface area (Å²) < 4.78 is 0. The Hall–Kier alpha value is -1.41. The summed E-state index contributed by atoms with van der Waals surface area (Å²) in [5.41, 5.74) is 2.45. The van der Waals surface area contributed by atoms with Gasteiger partial charge in [-0.05, 0) is 43.3 Å². The van der Waals surface area contributed by atoms with Crippen LogP contribution in [0.1, 0.15) is 5.56 Å². The molecule has 0 saturated heterocycles. The van der Waals surface area contributed by atoms with Crippen molar-refractivity contribution < 1.29 is 0 Å². The average molecular weight is 229 g/mol. The van der Waals surface area contributed by atoms with E-state index in [-0.39, 0.29) is 0 Å². The van der Waals surface area contributed by atoms with Gasteiger partial charge in [-0.25, -0.2) is 0 Å². The van der Waals surface area contributed by atoms with E-state index in [1.165, 1.54) is 15.4 Å². The van der Waals surface area contributed by atoms with Crippen molar-refractivity contribution in [1.82, 2.24) is 0 Å². The predicted octanol–water partition coefficient (Wildman–Crippen LogP) is 4.19. The fraction of sp³-hybridized carbons (Fsp3) is 0.143. The molecule has 0 radical (unpaired) electrons. The van der Waals surface area contributed by atoms with E-state index in [2.05, 4.69) is 60.8 Å². The van der Waals surface area contributed by atoms with Crippen LogP contribution in [-0.2, 0) is 0 Å². The summed E-state index contributed by atoms with van der Waals surface area (Å²) in [5, 5.41) is 3.12. The van der Waals surface area contributed by atoms with Crippen LogP contribution in [-0.4, -0.2) is 7.05 Å². The molecule has 0 aliphatic carbocycles. The summed E-state index contributed by atoms with van der Waals surface area (Å²) >= 11 is 1.79. The number of hydrogen-bond acceptors (Lipinski definition) is 2. The molecule has 0 fully saturated rings. The quantitative estimate of drug-likeness (QED) is 0.847. The zero-order valence-electron chi connectivity index (χ0n) is 9.53. The van der Waals surface area contributed by atoms with E-state index < -0.39 is 0 Å². The summed E-state index contributed by atoms with van der Waals surface area (Å²) in [7, 11) is 1.93. The maximum absolute atomic E-state index is 3.12. The van der Waals surface area contributed by atoms with E-state index in [9.17, 15) is 0 Å². The van der Waals surface area contributed by atoms with E-state index in [0.29, 0.717) is 0 Å². The van der Waals surface area contributed by atoms with Crippen LogP contribution in [0, 0.1) is 6.92 Å². The Morgan fingerprint density at radius 3 is 2.31 bits per heavy atom. The van der Waals surface area contributed by atoms with Crippen LogP contribution in [0.3, 0.4) is 0 Å². The number of rotatable bonds is 3. The molecule has 2 aromatic rings. The van der Waals surface area contributed by atoms with Gasteiger partial charge in [0, 0.05) is 22.5 Å². The van der Waals surface area contributed by atoms with Crippen molar-refractivity contribution in [1.29, 1.82) is 0 Å². The van der Waals surface area contributed by atoms with Crippen molar-refractivity contribution in [3.8, 4) is 0 Å². The van der Waals surface area contributed by atoms with Crippen LogP contribution in [0.5, 0.6) is 0 Å². The monoisotopic (exact) mass is 229 g/mol. The molecule has 0 amide bonds. The van der Waals surface area contributed by atoms with Crippen molar-refractivity contribution in [2.24, 2.45) is 0 Å². The highest BCUT2D eigenvalue weighted by molar-refractivity contribution is 7.99. The molecule has 82 valence electrons. The van der Waals surface area contributed by atoms with E-state index in [4.69, 9.17) is 0 Å². The lowest BCUT2D eigenvalue weighted by Crippen LogP contribution is -1.86. The van der Waals surface area contributed by atoms with Gasteiger partial charge in [-0.1, -0.05) is 29.5 Å². The molecule has 0 aromatic heterocycles. The first-order chi connectivity index (χ1) is 7.78. The van der Waals surface area contributed by atoms with Crippen LogP contribution < -0.4 is 5.32 Å². The second-order valence-corrected chi connectivity index (χ2v) is 4.84. The minimum absolute atomic E-state index is 1.15. The van der Waals surface area contributed by atoms with Crippen LogP contribution >= 0.6 is 11.8 Å². The number of nitrogens with one attached hydrogen (secondary N) is 1. The fourth-order valence-electron chi connectivity index (χ4n) is 1.50. The predicted molar refractivity (Wildman–Crippen MR) is 71.3 cm³/mol. The largest absolute Gasteiger partial charge is 0.388 e. The highest BCUT2D eigenvalue weighted by atomic mass is 32.2. The SMILES string of the molecule is CNc1ccc(Sc2cccc(C)c2)cc1. The van der Waals surface area contributed by atoms with Crippen LogP contribution in [0.4, 0.5) is 5.69 Å². The minimum atomic E-state index is 1.15. The van der Waals surface area contributed by atoms with E-state index in [1.54, 1.807) is 11.8 Å². The zero-order chi connectivity index (χ0) is 11.4. The Balaban J connectivity index is 2.14. The molecular weight excluding hydrogens is 214 g/mol. The molecule has 0 atom stereocenters. The first-order valence-corrected chi connectivity index (χ1v) is 6.12. The molecular formula is C14H15NS. The molecule has 0 heterocycles. The first kappa shape index (κ1) is 11.1. The number of hydrogen-bond donors (Lipinski definition) is 1. The average Bonchev–Trinajstić information content (AvgIpc) is 2.30. The fourth-order valence-corrected chi connectivity index (χ4v) is 2.44. The molecule has 0 saturated carbocycles. The van der Waals surface area contributed by atoms with Gasteiger partial charge in [0.15, 0.2) is 0 Å². The van der Waals surface area contributed by atoms with Crippen molar-refractivity contribution in [3.63, 3.8) is 0 Å². The summed E-state index contributed by atoms with van der Waals surface area (Å²) in [6.45, 7) is 2.12. The van der Waals surface area contributed by atoms with Gasteiger partial charge in [0.25, 0.3) is 0 Å². The molecule has 0 aliphatic heterocycles. The Kier molecular flexibility index (Phi) is 3.52. The molecule has 0 aliphatic rings. The second kappa shape index (κ2) is 5.08. The zero-order valence-corrected chi connectivity index (χ0v) is 10.3. The highest BCUT2D eigenvalue weighted by Gasteiger charge is 1.97. The van der Waals surface area contributed by atoms with Crippen LogP contribution in [0.25, 0.3) is 0 Å². The van der Waals surface area contributed by atoms with Gasteiger partial charge in [-0.3, -0.25) is 0 Å². The Morgan fingerprint density at radius 1 is 0.938 bits per heavy atom. The summed E-state index contributed by atoms with van der Waals surface area (Å²) in [6, 6.07) is 17.0. The van der Waals surface area contributed by atoms with Crippen molar-refractivity contribution in [2.75, 3.05) is 12.4 Å². The third-order valence-electron chi connectivity index (χ3n) is 2.37. The molecule has 16 heavy (non-hydrogen) atoms. The molecule has 0 bridgehead atoms. The lowest BCUT2D eigenvalue weighted by molar-refractivity contribution is 1.34. The Morgan fingerprint density at radius 2 is 1.69 bits per heavy atom. The van der Waals surface area contributed by atoms with Gasteiger partial charge in [-0.15, -0.1) is 0 Å². The van der Waals surface area contributed by atoms with Crippen molar-refractivity contribution in [3.05, 3.63) is 54.1 Å². The number of benzene rings is 2. The smallest absolute Gasteiger partial charge is 0.0338 e. The first-order valence-electron chi connectivity index (χ1n) is 5.30. The van der Waals surface area contributed by atoms with E-state index in [0.717, 1.165) is 5.69 Å². The minimum Gasteiger partial charge on any atom is -0.388 e. The summed E-state index contributed by atoms with van der Waals surface area (Å²) in [6.07, 6.45) is 0. The van der Waals surface area contributed by atoms with Crippen LogP contribution in [0.2, 0.25) is 0 Å².